The van der Waals surface area contributed by atoms with Gasteiger partial charge in [0.2, 0.25) is 0 Å². The molecule has 1 aromatic heterocycles. The van der Waals surface area contributed by atoms with Crippen molar-refractivity contribution in [3.63, 3.8) is 0 Å². The summed E-state index contributed by atoms with van der Waals surface area (Å²) >= 11 is 0.798. The predicted octanol–water partition coefficient (Wildman–Crippen LogP) is 1.58. The van der Waals surface area contributed by atoms with Crippen molar-refractivity contribution in [3.8, 4) is 0 Å². The monoisotopic (exact) mass is 224 g/mol. The van der Waals surface area contributed by atoms with Gasteiger partial charge < -0.3 is 0 Å². The molecule has 3 heteroatoms. The molecule has 0 radical (unpaired) electrons. The van der Waals surface area contributed by atoms with Gasteiger partial charge in [0.05, 0.1) is 0 Å². The molecule has 1 nitrogen and oxygen atoms in total. The molecule has 0 amide bonds. The third-order valence-electron chi connectivity index (χ3n) is 1.56. The second-order valence-electron chi connectivity index (χ2n) is 2.21. The molecule has 2 rings (SSSR count). The number of hydrogen-bond acceptors (Lipinski definition) is 2. The number of rotatable bonds is 1. The third kappa shape index (κ3) is 1.17. The van der Waals surface area contributed by atoms with Gasteiger partial charge in [-0.15, -0.1) is 0 Å². The Bertz CT molecular complexity index is 394. The third-order valence-corrected chi connectivity index (χ3v) is 4.09. The molecular weight excluding hydrogens is 219 g/mol. The predicted molar refractivity (Wildman–Crippen MR) is 47.9 cm³/mol. The van der Waals surface area contributed by atoms with Gasteiger partial charge in [-0.3, -0.25) is 0 Å². The fourth-order valence-electron chi connectivity index (χ4n) is 1.03. The number of benzene rings is 1. The van der Waals surface area contributed by atoms with Crippen LogP contribution in [0.2, 0.25) is 0 Å². The first-order valence-electron chi connectivity index (χ1n) is 3.21. The van der Waals surface area contributed by atoms with E-state index in [0.29, 0.717) is 0 Å². The molecular formula is C8H5AsOS. The van der Waals surface area contributed by atoms with E-state index in [1.165, 1.54) is 4.70 Å². The van der Waals surface area contributed by atoms with Crippen LogP contribution in [0.5, 0.6) is 0 Å². The Hall–Kier alpha value is -0.462. The summed E-state index contributed by atoms with van der Waals surface area (Å²) in [4.78, 5) is 0. The van der Waals surface area contributed by atoms with Gasteiger partial charge in [-0.25, -0.2) is 0 Å². The van der Waals surface area contributed by atoms with Crippen molar-refractivity contribution in [1.82, 2.24) is 0 Å². The molecule has 54 valence electrons. The number of fused-ring (bicyclic) bond motifs is 1. The van der Waals surface area contributed by atoms with Crippen LogP contribution in [0.1, 0.15) is 0 Å². The van der Waals surface area contributed by atoms with Crippen molar-refractivity contribution >= 4 is 41.5 Å². The van der Waals surface area contributed by atoms with Crippen LogP contribution in [-0.2, 0) is 3.74 Å². The summed E-state index contributed by atoms with van der Waals surface area (Å²) in [5.41, 5.74) is 0. The van der Waals surface area contributed by atoms with E-state index in [1.54, 1.807) is 11.3 Å². The Kier molecular flexibility index (Phi) is 1.89. The first kappa shape index (κ1) is 7.20. The molecule has 0 aliphatic rings. The van der Waals surface area contributed by atoms with E-state index in [9.17, 15) is 3.74 Å². The van der Waals surface area contributed by atoms with E-state index in [-0.39, 0.29) is 0 Å². The van der Waals surface area contributed by atoms with Crippen LogP contribution in [0.15, 0.2) is 29.6 Å². The molecule has 0 saturated heterocycles. The SMILES string of the molecule is O=[As]c1csc2ccccc12. The summed E-state index contributed by atoms with van der Waals surface area (Å²) < 4.78 is 13.0. The van der Waals surface area contributed by atoms with Gasteiger partial charge in [0.15, 0.2) is 0 Å². The quantitative estimate of drug-likeness (QED) is 0.672. The van der Waals surface area contributed by atoms with Crippen LogP contribution >= 0.6 is 11.3 Å². The standard InChI is InChI=1S/C8H5AsOS/c10-9-7-5-11-8-4-2-1-3-6(7)8/h1-5H. The van der Waals surface area contributed by atoms with Crippen LogP contribution in [0.3, 0.4) is 0 Å². The molecule has 1 aromatic carbocycles. The molecule has 0 spiro atoms. The molecule has 2 aromatic rings. The van der Waals surface area contributed by atoms with Crippen molar-refractivity contribution in [2.75, 3.05) is 0 Å². The van der Waals surface area contributed by atoms with E-state index >= 15 is 0 Å². The summed E-state index contributed by atoms with van der Waals surface area (Å²) in [7, 11) is 0. The average molecular weight is 224 g/mol. The Balaban J connectivity index is 2.86. The van der Waals surface area contributed by atoms with E-state index in [0.717, 1.165) is 9.74 Å². The fourth-order valence-corrected chi connectivity index (χ4v) is 3.29. The van der Waals surface area contributed by atoms with Gasteiger partial charge in [0.1, 0.15) is 0 Å². The van der Waals surface area contributed by atoms with Gasteiger partial charge in [0, 0.05) is 0 Å². The van der Waals surface area contributed by atoms with Gasteiger partial charge in [-0.1, -0.05) is 0 Å². The summed E-state index contributed by atoms with van der Waals surface area (Å²) in [6, 6.07) is 8.06. The first-order valence-corrected chi connectivity index (χ1v) is 5.80. The summed E-state index contributed by atoms with van der Waals surface area (Å²) in [5, 5.41) is 3.14. The molecule has 1 heterocycles. The zero-order valence-corrected chi connectivity index (χ0v) is 8.34. The maximum atomic E-state index is 10.7. The van der Waals surface area contributed by atoms with Crippen LogP contribution < -0.4 is 4.35 Å². The van der Waals surface area contributed by atoms with E-state index in [2.05, 4.69) is 6.07 Å². The second-order valence-corrected chi connectivity index (χ2v) is 4.51. The van der Waals surface area contributed by atoms with Crippen molar-refractivity contribution in [2.24, 2.45) is 0 Å². The molecule has 0 N–H and O–H groups in total. The summed E-state index contributed by atoms with van der Waals surface area (Å²) in [5.74, 6) is 0. The molecule has 0 fully saturated rings. The zero-order chi connectivity index (χ0) is 7.68. The molecule has 0 bridgehead atoms. The molecule has 0 saturated carbocycles. The van der Waals surface area contributed by atoms with Gasteiger partial charge in [-0.05, 0) is 0 Å². The van der Waals surface area contributed by atoms with Crippen LogP contribution in [0.25, 0.3) is 10.1 Å². The molecule has 0 atom stereocenters. The van der Waals surface area contributed by atoms with Crippen molar-refractivity contribution in [3.05, 3.63) is 29.6 Å². The molecule has 0 aliphatic carbocycles. The first-order chi connectivity index (χ1) is 5.42. The van der Waals surface area contributed by atoms with Crippen molar-refractivity contribution in [1.29, 1.82) is 0 Å². The minimum atomic E-state index is -0.864. The van der Waals surface area contributed by atoms with Crippen LogP contribution in [-0.4, -0.2) is 15.7 Å². The van der Waals surface area contributed by atoms with Crippen molar-refractivity contribution < 1.29 is 3.74 Å². The number of hydrogen-bond donors (Lipinski definition) is 0. The average Bonchev–Trinajstić information content (AvgIpc) is 2.47. The maximum absolute atomic E-state index is 10.7. The minimum absolute atomic E-state index is 0.864. The fraction of sp³-hybridized carbons (Fsp3) is 0. The Labute approximate surface area is 75.0 Å². The van der Waals surface area contributed by atoms with E-state index in [1.807, 2.05) is 23.6 Å². The van der Waals surface area contributed by atoms with Crippen LogP contribution in [0, 0.1) is 0 Å². The van der Waals surface area contributed by atoms with E-state index in [4.69, 9.17) is 0 Å². The summed E-state index contributed by atoms with van der Waals surface area (Å²) in [6.45, 7) is 0. The zero-order valence-electron chi connectivity index (χ0n) is 5.65. The molecule has 0 aliphatic heterocycles. The summed E-state index contributed by atoms with van der Waals surface area (Å²) in [6.07, 6.45) is 0. The topological polar surface area (TPSA) is 17.1 Å². The van der Waals surface area contributed by atoms with Crippen LogP contribution in [0.4, 0.5) is 0 Å². The second kappa shape index (κ2) is 2.88. The van der Waals surface area contributed by atoms with Gasteiger partial charge in [0.25, 0.3) is 0 Å². The van der Waals surface area contributed by atoms with Crippen molar-refractivity contribution in [2.45, 2.75) is 0 Å². The van der Waals surface area contributed by atoms with Gasteiger partial charge >= 0.3 is 74.9 Å². The normalized spacial score (nSPS) is 10.9. The Morgan fingerprint density at radius 1 is 1.27 bits per heavy atom. The Morgan fingerprint density at radius 2 is 2.09 bits per heavy atom. The van der Waals surface area contributed by atoms with Gasteiger partial charge in [-0.2, -0.15) is 0 Å². The van der Waals surface area contributed by atoms with E-state index < -0.39 is 15.7 Å². The number of thiophene rings is 1. The Morgan fingerprint density at radius 3 is 2.91 bits per heavy atom. The molecule has 11 heavy (non-hydrogen) atoms. The molecule has 0 unspecified atom stereocenters.